The van der Waals surface area contributed by atoms with Gasteiger partial charge in [0, 0.05) is 13.2 Å². The minimum atomic E-state index is -3.57. The van der Waals surface area contributed by atoms with E-state index >= 15 is 0 Å². The molecule has 1 fully saturated rings. The van der Waals surface area contributed by atoms with Gasteiger partial charge in [0.15, 0.2) is 0 Å². The molecule has 6 heteroatoms. The molecule has 0 amide bonds. The highest BCUT2D eigenvalue weighted by molar-refractivity contribution is 7.89. The highest BCUT2D eigenvalue weighted by Gasteiger charge is 2.23. The van der Waals surface area contributed by atoms with E-state index in [1.54, 1.807) is 12.1 Å². The van der Waals surface area contributed by atoms with E-state index in [2.05, 4.69) is 4.72 Å². The summed E-state index contributed by atoms with van der Waals surface area (Å²) < 4.78 is 37.6. The summed E-state index contributed by atoms with van der Waals surface area (Å²) in [6, 6.07) is 5.09. The Hall–Kier alpha value is -1.11. The van der Waals surface area contributed by atoms with Crippen molar-refractivity contribution < 1.29 is 17.9 Å². The maximum Gasteiger partial charge on any atom is 0.244 e. The molecule has 0 saturated carbocycles. The van der Waals surface area contributed by atoms with Gasteiger partial charge in [-0.25, -0.2) is 13.1 Å². The van der Waals surface area contributed by atoms with Crippen LogP contribution < -0.4 is 9.46 Å². The van der Waals surface area contributed by atoms with Crippen LogP contribution in [0.3, 0.4) is 0 Å². The van der Waals surface area contributed by atoms with E-state index in [0.29, 0.717) is 18.9 Å². The molecule has 0 aliphatic carbocycles. The van der Waals surface area contributed by atoms with Crippen LogP contribution in [0.15, 0.2) is 23.1 Å². The van der Waals surface area contributed by atoms with Crippen molar-refractivity contribution in [3.63, 3.8) is 0 Å². The van der Waals surface area contributed by atoms with Gasteiger partial charge in [0.1, 0.15) is 10.6 Å². The quantitative estimate of drug-likeness (QED) is 0.889. The molecule has 19 heavy (non-hydrogen) atoms. The summed E-state index contributed by atoms with van der Waals surface area (Å²) in [5, 5.41) is 0. The maximum absolute atomic E-state index is 12.3. The summed E-state index contributed by atoms with van der Waals surface area (Å²) in [5.74, 6) is 0.352. The molecule has 1 atom stereocenters. The number of sulfonamides is 1. The number of methoxy groups -OCH3 is 1. The Morgan fingerprint density at radius 3 is 2.89 bits per heavy atom. The number of ether oxygens (including phenoxy) is 2. The number of nitrogens with one attached hydrogen (secondary N) is 1. The predicted octanol–water partition coefficient (Wildman–Crippen LogP) is 1.46. The van der Waals surface area contributed by atoms with Crippen molar-refractivity contribution in [2.45, 2.75) is 30.8 Å². The summed E-state index contributed by atoms with van der Waals surface area (Å²) in [6.07, 6.45) is 1.86. The number of hydrogen-bond donors (Lipinski definition) is 1. The first kappa shape index (κ1) is 14.3. The van der Waals surface area contributed by atoms with E-state index in [1.165, 1.54) is 7.11 Å². The van der Waals surface area contributed by atoms with Crippen LogP contribution in [-0.4, -0.2) is 34.8 Å². The van der Waals surface area contributed by atoms with Gasteiger partial charge in [-0.3, -0.25) is 0 Å². The molecular formula is C13H19NO4S. The van der Waals surface area contributed by atoms with Crippen molar-refractivity contribution in [3.8, 4) is 5.75 Å². The molecule has 5 nitrogen and oxygen atoms in total. The lowest BCUT2D eigenvalue weighted by Gasteiger charge is -2.14. The first-order chi connectivity index (χ1) is 9.03. The highest BCUT2D eigenvalue weighted by Crippen LogP contribution is 2.24. The van der Waals surface area contributed by atoms with Gasteiger partial charge in [0.2, 0.25) is 10.0 Å². The van der Waals surface area contributed by atoms with Gasteiger partial charge in [-0.1, -0.05) is 6.07 Å². The molecule has 1 saturated heterocycles. The molecule has 1 aromatic carbocycles. The summed E-state index contributed by atoms with van der Waals surface area (Å²) in [7, 11) is -2.11. The maximum atomic E-state index is 12.3. The third-order valence-electron chi connectivity index (χ3n) is 3.13. The third-order valence-corrected chi connectivity index (χ3v) is 4.58. The molecule has 1 heterocycles. The second-order valence-corrected chi connectivity index (χ2v) is 6.38. The van der Waals surface area contributed by atoms with E-state index in [4.69, 9.17) is 9.47 Å². The number of hydrogen-bond acceptors (Lipinski definition) is 4. The van der Waals surface area contributed by atoms with Crippen molar-refractivity contribution in [1.29, 1.82) is 0 Å². The zero-order valence-electron chi connectivity index (χ0n) is 11.2. The fourth-order valence-electron chi connectivity index (χ4n) is 2.08. The van der Waals surface area contributed by atoms with Crippen molar-refractivity contribution in [1.82, 2.24) is 4.72 Å². The Bertz CT molecular complexity index is 536. The number of benzene rings is 1. The zero-order valence-corrected chi connectivity index (χ0v) is 12.0. The summed E-state index contributed by atoms with van der Waals surface area (Å²) in [6.45, 7) is 2.86. The van der Waals surface area contributed by atoms with Gasteiger partial charge in [-0.2, -0.15) is 0 Å². The molecule has 0 bridgehead atoms. The molecule has 1 unspecified atom stereocenters. The second-order valence-electron chi connectivity index (χ2n) is 4.64. The SMILES string of the molecule is COc1ccc(C)cc1S(=O)(=O)NCC1CCCO1. The molecule has 1 N–H and O–H groups in total. The van der Waals surface area contributed by atoms with Crippen molar-refractivity contribution >= 4 is 10.0 Å². The normalized spacial score (nSPS) is 19.6. The fraction of sp³-hybridized carbons (Fsp3) is 0.538. The average molecular weight is 285 g/mol. The monoisotopic (exact) mass is 285 g/mol. The standard InChI is InChI=1S/C13H19NO4S/c1-10-5-6-12(17-2)13(8-10)19(15,16)14-9-11-4-3-7-18-11/h5-6,8,11,14H,3-4,7,9H2,1-2H3. The van der Waals surface area contributed by atoms with Crippen molar-refractivity contribution in [3.05, 3.63) is 23.8 Å². The Morgan fingerprint density at radius 2 is 2.26 bits per heavy atom. The Labute approximate surface area is 114 Å². The lowest BCUT2D eigenvalue weighted by molar-refractivity contribution is 0.114. The molecule has 0 aromatic heterocycles. The lowest BCUT2D eigenvalue weighted by atomic mass is 10.2. The molecular weight excluding hydrogens is 266 g/mol. The van der Waals surface area contributed by atoms with E-state index in [-0.39, 0.29) is 11.0 Å². The fourth-order valence-corrected chi connectivity index (χ4v) is 3.40. The van der Waals surface area contributed by atoms with Crippen molar-refractivity contribution in [2.75, 3.05) is 20.3 Å². The van der Waals surface area contributed by atoms with Gasteiger partial charge in [-0.05, 0) is 37.5 Å². The average Bonchev–Trinajstić information content (AvgIpc) is 2.89. The minimum Gasteiger partial charge on any atom is -0.495 e. The van der Waals surface area contributed by atoms with Crippen LogP contribution in [0.25, 0.3) is 0 Å². The largest absolute Gasteiger partial charge is 0.495 e. The number of rotatable bonds is 5. The molecule has 0 radical (unpaired) electrons. The predicted molar refractivity (Wildman–Crippen MR) is 71.9 cm³/mol. The molecule has 106 valence electrons. The summed E-state index contributed by atoms with van der Waals surface area (Å²) in [4.78, 5) is 0.174. The second kappa shape index (κ2) is 5.90. The van der Waals surface area contributed by atoms with Crippen LogP contribution in [0.5, 0.6) is 5.75 Å². The topological polar surface area (TPSA) is 64.6 Å². The van der Waals surface area contributed by atoms with E-state index in [9.17, 15) is 8.42 Å². The highest BCUT2D eigenvalue weighted by atomic mass is 32.2. The van der Waals surface area contributed by atoms with Crippen LogP contribution in [0.2, 0.25) is 0 Å². The van der Waals surface area contributed by atoms with Crippen LogP contribution in [0, 0.1) is 6.92 Å². The van der Waals surface area contributed by atoms with Crippen molar-refractivity contribution in [2.24, 2.45) is 0 Å². The Balaban J connectivity index is 2.16. The Kier molecular flexibility index (Phi) is 4.44. The lowest BCUT2D eigenvalue weighted by Crippen LogP contribution is -2.32. The summed E-state index contributed by atoms with van der Waals surface area (Å²) in [5.41, 5.74) is 0.873. The van der Waals surface area contributed by atoms with Gasteiger partial charge >= 0.3 is 0 Å². The number of aryl methyl sites for hydroxylation is 1. The Morgan fingerprint density at radius 1 is 1.47 bits per heavy atom. The minimum absolute atomic E-state index is 0.0226. The smallest absolute Gasteiger partial charge is 0.244 e. The molecule has 1 aliphatic rings. The molecule has 2 rings (SSSR count). The molecule has 0 spiro atoms. The van der Waals surface area contributed by atoms with Gasteiger partial charge in [-0.15, -0.1) is 0 Å². The summed E-state index contributed by atoms with van der Waals surface area (Å²) >= 11 is 0. The van der Waals surface area contributed by atoms with Gasteiger partial charge < -0.3 is 9.47 Å². The van der Waals surface area contributed by atoms with E-state index in [1.807, 2.05) is 13.0 Å². The first-order valence-corrected chi connectivity index (χ1v) is 7.77. The molecule has 1 aliphatic heterocycles. The van der Waals surface area contributed by atoms with Crippen LogP contribution in [-0.2, 0) is 14.8 Å². The van der Waals surface area contributed by atoms with Gasteiger partial charge in [0.05, 0.1) is 13.2 Å². The van der Waals surface area contributed by atoms with E-state index in [0.717, 1.165) is 18.4 Å². The first-order valence-electron chi connectivity index (χ1n) is 6.29. The molecule has 1 aromatic rings. The van der Waals surface area contributed by atoms with Gasteiger partial charge in [0.25, 0.3) is 0 Å². The third kappa shape index (κ3) is 3.46. The zero-order chi connectivity index (χ0) is 13.9. The van der Waals surface area contributed by atoms with Crippen LogP contribution in [0.4, 0.5) is 0 Å². The van der Waals surface area contributed by atoms with Crippen LogP contribution >= 0.6 is 0 Å². The van der Waals surface area contributed by atoms with E-state index < -0.39 is 10.0 Å². The van der Waals surface area contributed by atoms with Crippen LogP contribution in [0.1, 0.15) is 18.4 Å².